The summed E-state index contributed by atoms with van der Waals surface area (Å²) in [5.41, 5.74) is 3.39. The standard InChI is InChI=1S/C17H20ClNO/c1-4-19-12(2)13-6-5-7-14(10-13)16-11-15(18)8-9-17(16)20-3/h5-12,19H,4H2,1-3H3. The molecule has 0 radical (unpaired) electrons. The topological polar surface area (TPSA) is 21.3 Å². The summed E-state index contributed by atoms with van der Waals surface area (Å²) in [6.45, 7) is 5.23. The highest BCUT2D eigenvalue weighted by Gasteiger charge is 2.09. The summed E-state index contributed by atoms with van der Waals surface area (Å²) in [6, 6.07) is 14.5. The molecule has 0 heterocycles. The van der Waals surface area contributed by atoms with Crippen LogP contribution in [0, 0.1) is 0 Å². The zero-order valence-corrected chi connectivity index (χ0v) is 12.9. The number of rotatable bonds is 5. The lowest BCUT2D eigenvalue weighted by Gasteiger charge is -2.15. The van der Waals surface area contributed by atoms with Crippen LogP contribution in [0.5, 0.6) is 5.75 Å². The number of benzene rings is 2. The second kappa shape index (κ2) is 6.78. The molecule has 0 saturated carbocycles. The smallest absolute Gasteiger partial charge is 0.126 e. The lowest BCUT2D eigenvalue weighted by Crippen LogP contribution is -2.17. The highest BCUT2D eigenvalue weighted by molar-refractivity contribution is 6.31. The number of ether oxygens (including phenoxy) is 1. The van der Waals surface area contributed by atoms with Gasteiger partial charge < -0.3 is 10.1 Å². The van der Waals surface area contributed by atoms with Crippen molar-refractivity contribution in [3.63, 3.8) is 0 Å². The number of methoxy groups -OCH3 is 1. The molecule has 1 atom stereocenters. The molecule has 0 spiro atoms. The Bertz CT molecular complexity index is 583. The fourth-order valence-electron chi connectivity index (χ4n) is 2.31. The van der Waals surface area contributed by atoms with Crippen molar-refractivity contribution in [2.75, 3.05) is 13.7 Å². The van der Waals surface area contributed by atoms with Crippen LogP contribution in [0.3, 0.4) is 0 Å². The summed E-state index contributed by atoms with van der Waals surface area (Å²) >= 11 is 6.11. The zero-order valence-electron chi connectivity index (χ0n) is 12.1. The van der Waals surface area contributed by atoms with Crippen LogP contribution in [0.4, 0.5) is 0 Å². The lowest BCUT2D eigenvalue weighted by molar-refractivity contribution is 0.416. The molecule has 0 aliphatic carbocycles. The Hall–Kier alpha value is -1.51. The maximum Gasteiger partial charge on any atom is 0.126 e. The van der Waals surface area contributed by atoms with Gasteiger partial charge in [0.05, 0.1) is 7.11 Å². The van der Waals surface area contributed by atoms with Gasteiger partial charge in [-0.2, -0.15) is 0 Å². The summed E-state index contributed by atoms with van der Waals surface area (Å²) < 4.78 is 5.43. The number of halogens is 1. The Balaban J connectivity index is 2.43. The second-order valence-electron chi connectivity index (χ2n) is 4.75. The van der Waals surface area contributed by atoms with Gasteiger partial charge in [0.25, 0.3) is 0 Å². The van der Waals surface area contributed by atoms with Crippen molar-refractivity contribution in [1.82, 2.24) is 5.32 Å². The molecule has 1 unspecified atom stereocenters. The van der Waals surface area contributed by atoms with Crippen molar-refractivity contribution in [2.24, 2.45) is 0 Å². The van der Waals surface area contributed by atoms with Crippen LogP contribution >= 0.6 is 11.6 Å². The fourth-order valence-corrected chi connectivity index (χ4v) is 2.48. The van der Waals surface area contributed by atoms with E-state index in [0.29, 0.717) is 11.1 Å². The minimum Gasteiger partial charge on any atom is -0.496 e. The fraction of sp³-hybridized carbons (Fsp3) is 0.294. The van der Waals surface area contributed by atoms with Crippen molar-refractivity contribution in [3.05, 3.63) is 53.1 Å². The van der Waals surface area contributed by atoms with Crippen LogP contribution in [-0.2, 0) is 0 Å². The van der Waals surface area contributed by atoms with Crippen LogP contribution < -0.4 is 10.1 Å². The van der Waals surface area contributed by atoms with E-state index in [-0.39, 0.29) is 0 Å². The van der Waals surface area contributed by atoms with E-state index < -0.39 is 0 Å². The van der Waals surface area contributed by atoms with Gasteiger partial charge in [0, 0.05) is 16.6 Å². The molecule has 0 bridgehead atoms. The molecule has 0 aliphatic heterocycles. The molecule has 106 valence electrons. The molecule has 2 nitrogen and oxygen atoms in total. The minimum absolute atomic E-state index is 0.324. The Morgan fingerprint density at radius 2 is 2.00 bits per heavy atom. The Labute approximate surface area is 125 Å². The van der Waals surface area contributed by atoms with Gasteiger partial charge in [0.15, 0.2) is 0 Å². The van der Waals surface area contributed by atoms with Gasteiger partial charge in [0.1, 0.15) is 5.75 Å². The Morgan fingerprint density at radius 3 is 2.70 bits per heavy atom. The predicted octanol–water partition coefficient (Wildman–Crippen LogP) is 4.69. The molecular formula is C17H20ClNO. The van der Waals surface area contributed by atoms with E-state index >= 15 is 0 Å². The predicted molar refractivity (Wildman–Crippen MR) is 85.5 cm³/mol. The normalized spacial score (nSPS) is 12.2. The van der Waals surface area contributed by atoms with E-state index in [1.165, 1.54) is 5.56 Å². The summed E-state index contributed by atoms with van der Waals surface area (Å²) in [6.07, 6.45) is 0. The molecule has 0 saturated heterocycles. The van der Waals surface area contributed by atoms with Crippen molar-refractivity contribution in [2.45, 2.75) is 19.9 Å². The number of hydrogen-bond acceptors (Lipinski definition) is 2. The molecule has 0 aromatic heterocycles. The molecule has 2 rings (SSSR count). The third kappa shape index (κ3) is 3.33. The Kier molecular flexibility index (Phi) is 5.05. The van der Waals surface area contributed by atoms with Gasteiger partial charge in [-0.05, 0) is 48.9 Å². The van der Waals surface area contributed by atoms with Gasteiger partial charge in [-0.15, -0.1) is 0 Å². The number of hydrogen-bond donors (Lipinski definition) is 1. The largest absolute Gasteiger partial charge is 0.496 e. The maximum absolute atomic E-state index is 6.11. The third-order valence-corrected chi connectivity index (χ3v) is 3.60. The monoisotopic (exact) mass is 289 g/mol. The average Bonchev–Trinajstić information content (AvgIpc) is 2.47. The van der Waals surface area contributed by atoms with Gasteiger partial charge in [0.2, 0.25) is 0 Å². The van der Waals surface area contributed by atoms with Crippen LogP contribution in [0.2, 0.25) is 5.02 Å². The van der Waals surface area contributed by atoms with Crippen molar-refractivity contribution >= 4 is 11.6 Å². The van der Waals surface area contributed by atoms with Crippen LogP contribution in [0.15, 0.2) is 42.5 Å². The van der Waals surface area contributed by atoms with Gasteiger partial charge in [-0.25, -0.2) is 0 Å². The first-order valence-electron chi connectivity index (χ1n) is 6.83. The van der Waals surface area contributed by atoms with Gasteiger partial charge in [-0.3, -0.25) is 0 Å². The summed E-state index contributed by atoms with van der Waals surface area (Å²) in [5.74, 6) is 0.836. The van der Waals surface area contributed by atoms with Crippen LogP contribution in [0.1, 0.15) is 25.5 Å². The van der Waals surface area contributed by atoms with E-state index in [9.17, 15) is 0 Å². The minimum atomic E-state index is 0.324. The molecule has 0 fully saturated rings. The highest BCUT2D eigenvalue weighted by Crippen LogP contribution is 2.33. The van der Waals surface area contributed by atoms with Crippen molar-refractivity contribution in [3.8, 4) is 16.9 Å². The molecule has 3 heteroatoms. The first-order valence-corrected chi connectivity index (χ1v) is 7.20. The zero-order chi connectivity index (χ0) is 14.5. The van der Waals surface area contributed by atoms with E-state index in [1.54, 1.807) is 7.11 Å². The van der Waals surface area contributed by atoms with E-state index in [4.69, 9.17) is 16.3 Å². The van der Waals surface area contributed by atoms with Gasteiger partial charge >= 0.3 is 0 Å². The maximum atomic E-state index is 6.11. The summed E-state index contributed by atoms with van der Waals surface area (Å²) in [7, 11) is 1.68. The number of nitrogens with one attached hydrogen (secondary N) is 1. The quantitative estimate of drug-likeness (QED) is 0.862. The highest BCUT2D eigenvalue weighted by atomic mass is 35.5. The summed E-state index contributed by atoms with van der Waals surface area (Å²) in [5, 5.41) is 4.14. The molecule has 0 aliphatic rings. The molecule has 0 amide bonds. The first kappa shape index (κ1) is 14.9. The van der Waals surface area contributed by atoms with Gasteiger partial charge in [-0.1, -0.05) is 36.7 Å². The van der Waals surface area contributed by atoms with E-state index in [1.807, 2.05) is 18.2 Å². The molecule has 20 heavy (non-hydrogen) atoms. The molecular weight excluding hydrogens is 270 g/mol. The van der Waals surface area contributed by atoms with Crippen LogP contribution in [-0.4, -0.2) is 13.7 Å². The molecule has 2 aromatic carbocycles. The molecule has 2 aromatic rings. The first-order chi connectivity index (χ1) is 9.65. The second-order valence-corrected chi connectivity index (χ2v) is 5.19. The Morgan fingerprint density at radius 1 is 1.20 bits per heavy atom. The van der Waals surface area contributed by atoms with Crippen molar-refractivity contribution < 1.29 is 4.74 Å². The SMILES string of the molecule is CCNC(C)c1cccc(-c2cc(Cl)ccc2OC)c1. The third-order valence-electron chi connectivity index (χ3n) is 3.37. The van der Waals surface area contributed by atoms with Crippen LogP contribution in [0.25, 0.3) is 11.1 Å². The molecule has 1 N–H and O–H groups in total. The average molecular weight is 290 g/mol. The lowest BCUT2D eigenvalue weighted by atomic mass is 9.99. The van der Waals surface area contributed by atoms with E-state index in [0.717, 1.165) is 23.4 Å². The van der Waals surface area contributed by atoms with Crippen molar-refractivity contribution in [1.29, 1.82) is 0 Å². The summed E-state index contributed by atoms with van der Waals surface area (Å²) in [4.78, 5) is 0. The van der Waals surface area contributed by atoms with E-state index in [2.05, 4.69) is 43.4 Å².